The monoisotopic (exact) mass is 198 g/mol. The van der Waals surface area contributed by atoms with Crippen LogP contribution in [0.4, 0.5) is 0 Å². The summed E-state index contributed by atoms with van der Waals surface area (Å²) in [6, 6.07) is 3.68. The van der Waals surface area contributed by atoms with Gasteiger partial charge in [0.1, 0.15) is 6.29 Å². The Balaban J connectivity index is 2.79. The number of rotatable bonds is 4. The van der Waals surface area contributed by atoms with E-state index < -0.39 is 5.92 Å². The Labute approximate surface area is 80.3 Å². The van der Waals surface area contributed by atoms with Crippen molar-refractivity contribution in [1.29, 1.82) is 0 Å². The van der Waals surface area contributed by atoms with E-state index in [-0.39, 0.29) is 12.4 Å². The SMILES string of the molecule is COC(=O)C(CC=O)c1cccs1. The van der Waals surface area contributed by atoms with Crippen molar-refractivity contribution in [2.24, 2.45) is 0 Å². The molecule has 3 nitrogen and oxygen atoms in total. The topological polar surface area (TPSA) is 43.4 Å². The Kier molecular flexibility index (Phi) is 3.64. The van der Waals surface area contributed by atoms with Crippen molar-refractivity contribution < 1.29 is 14.3 Å². The number of hydrogen-bond donors (Lipinski definition) is 0. The van der Waals surface area contributed by atoms with E-state index in [2.05, 4.69) is 4.74 Å². The van der Waals surface area contributed by atoms with E-state index in [1.54, 1.807) is 0 Å². The third-order valence-electron chi connectivity index (χ3n) is 1.70. The van der Waals surface area contributed by atoms with Crippen LogP contribution in [0, 0.1) is 0 Å². The molecule has 1 heterocycles. The van der Waals surface area contributed by atoms with Crippen LogP contribution >= 0.6 is 11.3 Å². The molecule has 0 bridgehead atoms. The van der Waals surface area contributed by atoms with Crippen LogP contribution in [0.2, 0.25) is 0 Å². The lowest BCUT2D eigenvalue weighted by atomic mass is 10.1. The Morgan fingerprint density at radius 2 is 2.54 bits per heavy atom. The first-order valence-corrected chi connectivity index (χ1v) is 4.72. The molecule has 0 aliphatic rings. The van der Waals surface area contributed by atoms with Crippen molar-refractivity contribution in [1.82, 2.24) is 0 Å². The smallest absolute Gasteiger partial charge is 0.314 e. The Bertz CT molecular complexity index is 279. The summed E-state index contributed by atoms with van der Waals surface area (Å²) >= 11 is 1.45. The van der Waals surface area contributed by atoms with Crippen molar-refractivity contribution in [3.05, 3.63) is 22.4 Å². The molecule has 13 heavy (non-hydrogen) atoms. The molecule has 0 aliphatic carbocycles. The first-order valence-electron chi connectivity index (χ1n) is 3.84. The van der Waals surface area contributed by atoms with E-state index in [1.807, 2.05) is 17.5 Å². The average Bonchev–Trinajstić information content (AvgIpc) is 2.65. The van der Waals surface area contributed by atoms with E-state index >= 15 is 0 Å². The molecule has 1 unspecified atom stereocenters. The van der Waals surface area contributed by atoms with E-state index in [4.69, 9.17) is 0 Å². The van der Waals surface area contributed by atoms with Gasteiger partial charge >= 0.3 is 5.97 Å². The number of carbonyl (C=O) groups excluding carboxylic acids is 2. The number of ether oxygens (including phenoxy) is 1. The quantitative estimate of drug-likeness (QED) is 0.545. The van der Waals surface area contributed by atoms with Crippen LogP contribution in [-0.2, 0) is 14.3 Å². The summed E-state index contributed by atoms with van der Waals surface area (Å²) in [6.45, 7) is 0. The van der Waals surface area contributed by atoms with Crippen LogP contribution in [0.5, 0.6) is 0 Å². The van der Waals surface area contributed by atoms with Crippen molar-refractivity contribution in [2.45, 2.75) is 12.3 Å². The van der Waals surface area contributed by atoms with Crippen LogP contribution in [-0.4, -0.2) is 19.4 Å². The van der Waals surface area contributed by atoms with Gasteiger partial charge in [0.15, 0.2) is 0 Å². The highest BCUT2D eigenvalue weighted by atomic mass is 32.1. The predicted octanol–water partition coefficient (Wildman–Crippen LogP) is 1.59. The lowest BCUT2D eigenvalue weighted by Crippen LogP contribution is -2.13. The zero-order chi connectivity index (χ0) is 9.68. The number of methoxy groups -OCH3 is 1. The summed E-state index contributed by atoms with van der Waals surface area (Å²) in [4.78, 5) is 22.4. The van der Waals surface area contributed by atoms with Gasteiger partial charge in [-0.1, -0.05) is 6.07 Å². The molecule has 1 atom stereocenters. The van der Waals surface area contributed by atoms with Crippen molar-refractivity contribution >= 4 is 23.6 Å². The minimum absolute atomic E-state index is 0.188. The maximum atomic E-state index is 11.2. The maximum Gasteiger partial charge on any atom is 0.314 e. The standard InChI is InChI=1S/C9H10O3S/c1-12-9(11)7(4-5-10)8-3-2-6-13-8/h2-3,5-7H,4H2,1H3. The molecule has 1 aromatic heterocycles. The summed E-state index contributed by atoms with van der Waals surface area (Å²) in [6.07, 6.45) is 0.925. The lowest BCUT2D eigenvalue weighted by molar-refractivity contribution is -0.143. The van der Waals surface area contributed by atoms with Gasteiger partial charge < -0.3 is 9.53 Å². The number of esters is 1. The average molecular weight is 198 g/mol. The van der Waals surface area contributed by atoms with Crippen molar-refractivity contribution in [2.75, 3.05) is 7.11 Å². The normalized spacial score (nSPS) is 12.1. The first kappa shape index (κ1) is 9.92. The fourth-order valence-electron chi connectivity index (χ4n) is 1.06. The van der Waals surface area contributed by atoms with Crippen LogP contribution < -0.4 is 0 Å². The molecule has 0 spiro atoms. The number of aldehydes is 1. The lowest BCUT2D eigenvalue weighted by Gasteiger charge is -2.08. The third kappa shape index (κ3) is 2.39. The molecule has 70 valence electrons. The Morgan fingerprint density at radius 1 is 1.77 bits per heavy atom. The summed E-state index contributed by atoms with van der Waals surface area (Å²) < 4.78 is 4.60. The molecule has 4 heteroatoms. The molecule has 0 radical (unpaired) electrons. The minimum atomic E-state index is -0.428. The summed E-state index contributed by atoms with van der Waals surface area (Å²) in [7, 11) is 1.33. The van der Waals surface area contributed by atoms with E-state index in [9.17, 15) is 9.59 Å². The minimum Gasteiger partial charge on any atom is -0.469 e. The van der Waals surface area contributed by atoms with Crippen molar-refractivity contribution in [3.63, 3.8) is 0 Å². The van der Waals surface area contributed by atoms with Gasteiger partial charge in [-0.2, -0.15) is 0 Å². The van der Waals surface area contributed by atoms with Gasteiger partial charge in [-0.05, 0) is 11.4 Å². The summed E-state index contributed by atoms with van der Waals surface area (Å²) in [5, 5.41) is 1.87. The number of thiophene rings is 1. The first-order chi connectivity index (χ1) is 6.29. The maximum absolute atomic E-state index is 11.2. The molecule has 0 amide bonds. The zero-order valence-electron chi connectivity index (χ0n) is 7.23. The summed E-state index contributed by atoms with van der Waals surface area (Å²) in [5.41, 5.74) is 0. The van der Waals surface area contributed by atoms with Crippen molar-refractivity contribution in [3.8, 4) is 0 Å². The Morgan fingerprint density at radius 3 is 3.00 bits per heavy atom. The highest BCUT2D eigenvalue weighted by Crippen LogP contribution is 2.24. The number of hydrogen-bond acceptors (Lipinski definition) is 4. The van der Waals surface area contributed by atoms with Gasteiger partial charge in [-0.15, -0.1) is 11.3 Å². The molecule has 0 fully saturated rings. The largest absolute Gasteiger partial charge is 0.469 e. The molecule has 0 saturated heterocycles. The van der Waals surface area contributed by atoms with Crippen LogP contribution in [0.15, 0.2) is 17.5 Å². The van der Waals surface area contributed by atoms with Gasteiger partial charge in [0.25, 0.3) is 0 Å². The fraction of sp³-hybridized carbons (Fsp3) is 0.333. The summed E-state index contributed by atoms with van der Waals surface area (Å²) in [5.74, 6) is -0.781. The van der Waals surface area contributed by atoms with Crippen LogP contribution in [0.1, 0.15) is 17.2 Å². The second kappa shape index (κ2) is 4.77. The molecule has 1 rings (SSSR count). The van der Waals surface area contributed by atoms with E-state index in [1.165, 1.54) is 18.4 Å². The van der Waals surface area contributed by atoms with Gasteiger partial charge in [-0.3, -0.25) is 4.79 Å². The highest BCUT2D eigenvalue weighted by molar-refractivity contribution is 7.10. The predicted molar refractivity (Wildman–Crippen MR) is 49.8 cm³/mol. The highest BCUT2D eigenvalue weighted by Gasteiger charge is 2.21. The Hall–Kier alpha value is -1.16. The van der Waals surface area contributed by atoms with Gasteiger partial charge in [0.2, 0.25) is 0 Å². The van der Waals surface area contributed by atoms with Gasteiger partial charge in [0, 0.05) is 11.3 Å². The van der Waals surface area contributed by atoms with E-state index in [0.717, 1.165) is 11.2 Å². The molecule has 0 aromatic carbocycles. The van der Waals surface area contributed by atoms with E-state index in [0.29, 0.717) is 0 Å². The molecule has 1 aromatic rings. The second-order valence-corrected chi connectivity index (χ2v) is 3.47. The second-order valence-electron chi connectivity index (χ2n) is 2.49. The van der Waals surface area contributed by atoms with Gasteiger partial charge in [0.05, 0.1) is 13.0 Å². The molecular formula is C9H10O3S. The number of carbonyl (C=O) groups is 2. The van der Waals surface area contributed by atoms with Crippen LogP contribution in [0.25, 0.3) is 0 Å². The molecule has 0 aliphatic heterocycles. The zero-order valence-corrected chi connectivity index (χ0v) is 8.04. The molecule has 0 saturated carbocycles. The molecular weight excluding hydrogens is 188 g/mol. The van der Waals surface area contributed by atoms with Crippen LogP contribution in [0.3, 0.4) is 0 Å². The third-order valence-corrected chi connectivity index (χ3v) is 2.69. The molecule has 0 N–H and O–H groups in total. The fourth-order valence-corrected chi connectivity index (χ4v) is 1.88. The van der Waals surface area contributed by atoms with Gasteiger partial charge in [-0.25, -0.2) is 0 Å².